The van der Waals surface area contributed by atoms with Gasteiger partial charge in [0.1, 0.15) is 33.1 Å². The molecule has 0 saturated carbocycles. The zero-order chi connectivity index (χ0) is 59.0. The quantitative estimate of drug-likeness (QED) is 0.0897. The number of rotatable bonds is 16. The zero-order valence-corrected chi connectivity index (χ0v) is 58.4. The van der Waals surface area contributed by atoms with Crippen LogP contribution < -0.4 is 0 Å². The van der Waals surface area contributed by atoms with Gasteiger partial charge in [0.25, 0.3) is 0 Å². The lowest BCUT2D eigenvalue weighted by molar-refractivity contribution is 0.666. The number of hydrogen-bond donors (Lipinski definition) is 0. The summed E-state index contributed by atoms with van der Waals surface area (Å²) in [5, 5.41) is 0. The summed E-state index contributed by atoms with van der Waals surface area (Å²) in [6, 6.07) is 18.4. The van der Waals surface area contributed by atoms with E-state index >= 15 is 0 Å². The van der Waals surface area contributed by atoms with Crippen LogP contribution in [-0.4, -0.2) is 26.2 Å². The molecule has 9 aromatic heterocycles. The van der Waals surface area contributed by atoms with Gasteiger partial charge in [-0.25, -0.2) is 0 Å². The maximum atomic E-state index is 4.85. The molecular formula is C68H76N6S9. The lowest BCUT2D eigenvalue weighted by Crippen LogP contribution is -1.93. The number of aromatic nitrogens is 6. The Morgan fingerprint density at radius 3 is 0.831 bits per heavy atom. The topological polar surface area (TPSA) is 77.3 Å². The molecule has 0 amide bonds. The van der Waals surface area contributed by atoms with Gasteiger partial charge in [-0.05, 0) is 215 Å². The van der Waals surface area contributed by atoms with Crippen molar-refractivity contribution in [3.05, 3.63) is 133 Å². The van der Waals surface area contributed by atoms with Crippen LogP contribution in [0.1, 0.15) is 150 Å². The van der Waals surface area contributed by atoms with Gasteiger partial charge in [-0.15, -0.1) is 68.0 Å². The van der Waals surface area contributed by atoms with Gasteiger partial charge in [-0.3, -0.25) is 0 Å². The molecule has 0 aliphatic carbocycles. The fraction of sp³-hybridized carbons (Fsp3) is 0.382. The summed E-state index contributed by atoms with van der Waals surface area (Å²) in [4.78, 5) is 16.3. The molecule has 15 heteroatoms. The Hall–Kier alpha value is -4.68. The van der Waals surface area contributed by atoms with E-state index in [1.54, 1.807) is 0 Å². The van der Waals surface area contributed by atoms with Gasteiger partial charge in [-0.2, -0.15) is 26.2 Å². The van der Waals surface area contributed by atoms with E-state index in [2.05, 4.69) is 168 Å². The van der Waals surface area contributed by atoms with Crippen molar-refractivity contribution in [1.29, 1.82) is 0 Å². The standard InChI is InChI=1S/C30H40N2S3.C20H20N2S3.C18H16N2S3/c1-7-9-11-13-15-23-17-25(33-21(23)5)27-19(3)20(4)28(30-29(27)31-35-32-30)26-18-24(22(6)34-26)16-14-12-10-8-2;1-9-7-15(23-13(9)5)17-11(3)12(4)18(20-19(17)21-25-22-20)16-8-10(2)14(6)24-16;1-9-7-15(21-11(9)3)13-5-6-14(18-17(13)19-23-20-18)16-8-10(2)12(4)22-16/h17-18H,7-16H2,1-6H3;7-8H,1-6H3;5-8H,1-4H3. The van der Waals surface area contributed by atoms with E-state index in [0.717, 1.165) is 33.1 Å². The lowest BCUT2D eigenvalue weighted by atomic mass is 9.93. The van der Waals surface area contributed by atoms with Crippen LogP contribution in [0, 0.1) is 96.9 Å². The van der Waals surface area contributed by atoms with Gasteiger partial charge in [0.05, 0.1) is 35.2 Å². The third-order valence-electron chi connectivity index (χ3n) is 16.8. The van der Waals surface area contributed by atoms with E-state index in [4.69, 9.17) is 17.5 Å². The highest BCUT2D eigenvalue weighted by Crippen LogP contribution is 2.48. The average Bonchev–Trinajstić information content (AvgIpc) is 2.77. The summed E-state index contributed by atoms with van der Waals surface area (Å²) in [7, 11) is 0. The van der Waals surface area contributed by atoms with Crippen LogP contribution in [0.2, 0.25) is 0 Å². The summed E-state index contributed by atoms with van der Waals surface area (Å²) in [5.41, 5.74) is 27.6. The summed E-state index contributed by atoms with van der Waals surface area (Å²) in [5.74, 6) is 0. The molecule has 0 aliphatic rings. The first kappa shape index (κ1) is 61.4. The van der Waals surface area contributed by atoms with Crippen LogP contribution in [0.4, 0.5) is 0 Å². The molecule has 3 aromatic carbocycles. The number of hydrogen-bond acceptors (Lipinski definition) is 15. The number of thiophene rings is 6. The average molecular weight is 1270 g/mol. The molecular weight excluding hydrogens is 1190 g/mol. The number of nitrogens with zero attached hydrogens (tertiary/aromatic N) is 6. The summed E-state index contributed by atoms with van der Waals surface area (Å²) in [6.07, 6.45) is 12.9. The number of fused-ring (bicyclic) bond motifs is 3. The molecule has 0 atom stereocenters. The van der Waals surface area contributed by atoms with Crippen LogP contribution >= 0.6 is 103 Å². The zero-order valence-electron chi connectivity index (χ0n) is 51.0. The minimum atomic E-state index is 1.03. The Kier molecular flexibility index (Phi) is 19.6. The molecule has 0 spiro atoms. The first-order chi connectivity index (χ1) is 39.9. The smallest absolute Gasteiger partial charge is 0.114 e. The van der Waals surface area contributed by atoms with Gasteiger partial charge < -0.3 is 0 Å². The van der Waals surface area contributed by atoms with Crippen LogP contribution in [-0.2, 0) is 12.8 Å². The van der Waals surface area contributed by atoms with Crippen molar-refractivity contribution in [3.63, 3.8) is 0 Å². The number of aryl methyl sites for hydroxylation is 12. The van der Waals surface area contributed by atoms with Crippen molar-refractivity contribution in [1.82, 2.24) is 26.2 Å². The molecule has 0 aliphatic heterocycles. The second-order valence-electron chi connectivity index (χ2n) is 22.4. The normalized spacial score (nSPS) is 11.6. The number of unbranched alkanes of at least 4 members (excludes halogenated alkanes) is 6. The highest BCUT2D eigenvalue weighted by atomic mass is 32.1. The van der Waals surface area contributed by atoms with Crippen LogP contribution in [0.5, 0.6) is 0 Å². The highest BCUT2D eigenvalue weighted by molar-refractivity contribution is 7.17. The fourth-order valence-electron chi connectivity index (χ4n) is 11.0. The SMILES string of the molecule is CCCCCCc1cc(-c2c(C)c(C)c(-c3cc(CCCCCC)c(C)s3)c3nsnc23)sc1C.Cc1cc(-c2c(C)c(C)c(-c3cc(C)c(C)s3)c3nsnc23)sc1C.Cc1cc(-c2ccc(-c3cc(C)c(C)s3)c3nsnc23)sc1C. The summed E-state index contributed by atoms with van der Waals surface area (Å²) < 4.78 is 28.3. The monoisotopic (exact) mass is 1260 g/mol. The lowest BCUT2D eigenvalue weighted by Gasteiger charge is -2.13. The van der Waals surface area contributed by atoms with E-state index in [9.17, 15) is 0 Å². The van der Waals surface area contributed by atoms with E-state index < -0.39 is 0 Å². The van der Waals surface area contributed by atoms with Crippen molar-refractivity contribution >= 4 is 136 Å². The minimum Gasteiger partial charge on any atom is -0.172 e. The maximum absolute atomic E-state index is 4.85. The van der Waals surface area contributed by atoms with Crippen molar-refractivity contribution < 1.29 is 0 Å². The summed E-state index contributed by atoms with van der Waals surface area (Å²) >= 11 is 15.2. The van der Waals surface area contributed by atoms with E-state index in [1.807, 2.05) is 68.0 Å². The molecule has 0 radical (unpaired) electrons. The van der Waals surface area contributed by atoms with Crippen molar-refractivity contribution in [2.75, 3.05) is 0 Å². The van der Waals surface area contributed by atoms with E-state index in [-0.39, 0.29) is 0 Å². The second kappa shape index (κ2) is 26.5. The molecule has 83 heavy (non-hydrogen) atoms. The molecule has 0 N–H and O–H groups in total. The Bertz CT molecular complexity index is 3930. The Balaban J connectivity index is 0.000000143. The van der Waals surface area contributed by atoms with E-state index in [0.29, 0.717) is 0 Å². The van der Waals surface area contributed by atoms with Crippen LogP contribution in [0.15, 0.2) is 48.5 Å². The maximum Gasteiger partial charge on any atom is 0.114 e. The van der Waals surface area contributed by atoms with E-state index in [1.165, 1.54) is 247 Å². The van der Waals surface area contributed by atoms with Gasteiger partial charge in [0.2, 0.25) is 0 Å². The largest absolute Gasteiger partial charge is 0.172 e. The fourth-order valence-corrected chi connectivity index (χ4v) is 19.5. The molecule has 9 heterocycles. The van der Waals surface area contributed by atoms with Gasteiger partial charge in [0.15, 0.2) is 0 Å². The summed E-state index contributed by atoms with van der Waals surface area (Å²) in [6.45, 7) is 35.6. The van der Waals surface area contributed by atoms with Crippen LogP contribution in [0.3, 0.4) is 0 Å². The van der Waals surface area contributed by atoms with Gasteiger partial charge in [0, 0.05) is 91.9 Å². The second-order valence-corrected chi connectivity index (χ2v) is 31.6. The van der Waals surface area contributed by atoms with Gasteiger partial charge in [-0.1, -0.05) is 64.5 Å². The predicted octanol–water partition coefficient (Wildman–Crippen LogP) is 24.0. The molecule has 0 bridgehead atoms. The van der Waals surface area contributed by atoms with Crippen LogP contribution in [0.25, 0.3) is 95.7 Å². The Morgan fingerprint density at radius 2 is 0.554 bits per heavy atom. The third kappa shape index (κ3) is 12.6. The first-order valence-corrected chi connectivity index (χ1v) is 36.2. The molecule has 12 rings (SSSR count). The molecule has 12 aromatic rings. The Morgan fingerprint density at radius 1 is 0.289 bits per heavy atom. The van der Waals surface area contributed by atoms with Crippen molar-refractivity contribution in [3.8, 4) is 62.6 Å². The molecule has 432 valence electrons. The molecule has 0 fully saturated rings. The third-order valence-corrected chi connectivity index (χ3v) is 25.3. The highest BCUT2D eigenvalue weighted by Gasteiger charge is 2.25. The first-order valence-electron chi connectivity index (χ1n) is 29.1. The molecule has 6 nitrogen and oxygen atoms in total. The Labute approximate surface area is 528 Å². The number of benzene rings is 3. The predicted molar refractivity (Wildman–Crippen MR) is 374 cm³/mol. The van der Waals surface area contributed by atoms with Crippen molar-refractivity contribution in [2.45, 2.75) is 175 Å². The minimum absolute atomic E-state index is 1.03. The van der Waals surface area contributed by atoms with Gasteiger partial charge >= 0.3 is 0 Å². The molecule has 0 unspecified atom stereocenters. The van der Waals surface area contributed by atoms with Crippen molar-refractivity contribution in [2.24, 2.45) is 0 Å². The molecule has 0 saturated heterocycles.